The quantitative estimate of drug-likeness (QED) is 0.546. The van der Waals surface area contributed by atoms with E-state index in [0.29, 0.717) is 13.0 Å². The van der Waals surface area contributed by atoms with E-state index in [9.17, 15) is 14.7 Å². The summed E-state index contributed by atoms with van der Waals surface area (Å²) in [7, 11) is 0. The summed E-state index contributed by atoms with van der Waals surface area (Å²) in [4.78, 5) is 28.1. The van der Waals surface area contributed by atoms with Crippen LogP contribution in [0.3, 0.4) is 0 Å². The summed E-state index contributed by atoms with van der Waals surface area (Å²) in [6, 6.07) is -0.537. The summed E-state index contributed by atoms with van der Waals surface area (Å²) in [6.45, 7) is 6.11. The maximum atomic E-state index is 11.4. The van der Waals surface area contributed by atoms with Crippen LogP contribution >= 0.6 is 0 Å². The summed E-state index contributed by atoms with van der Waals surface area (Å²) in [5.74, 6) is -1.61. The molecule has 1 fully saturated rings. The number of carbonyl (C=O) groups excluding carboxylic acids is 1. The van der Waals surface area contributed by atoms with Gasteiger partial charge in [-0.2, -0.15) is 0 Å². The smallest absolute Gasteiger partial charge is 0.308 e. The molecule has 0 spiro atoms. The van der Waals surface area contributed by atoms with Gasteiger partial charge in [0.2, 0.25) is 6.41 Å². The van der Waals surface area contributed by atoms with Gasteiger partial charge in [-0.15, -0.1) is 0 Å². The van der Waals surface area contributed by atoms with Crippen molar-refractivity contribution in [1.82, 2.24) is 5.06 Å². The van der Waals surface area contributed by atoms with E-state index < -0.39 is 24.2 Å². The maximum absolute atomic E-state index is 11.4. The van der Waals surface area contributed by atoms with Crippen molar-refractivity contribution in [3.63, 3.8) is 0 Å². The van der Waals surface area contributed by atoms with Crippen molar-refractivity contribution in [2.24, 2.45) is 11.8 Å². The van der Waals surface area contributed by atoms with E-state index in [1.54, 1.807) is 6.92 Å². The zero-order chi connectivity index (χ0) is 15.1. The number of hydrogen-bond acceptors (Lipinski definition) is 4. The number of amides is 1. The fourth-order valence-electron chi connectivity index (χ4n) is 2.48. The summed E-state index contributed by atoms with van der Waals surface area (Å²) >= 11 is 0. The predicted octanol–water partition coefficient (Wildman–Crippen LogP) is 2.04. The topological polar surface area (TPSA) is 76.1 Å². The molecule has 0 aromatic heterocycles. The summed E-state index contributed by atoms with van der Waals surface area (Å²) < 4.78 is 5.42. The van der Waals surface area contributed by atoms with Crippen molar-refractivity contribution in [1.29, 1.82) is 0 Å². The Morgan fingerprint density at radius 3 is 2.65 bits per heavy atom. The van der Waals surface area contributed by atoms with E-state index >= 15 is 0 Å². The molecule has 1 aliphatic rings. The Hall–Kier alpha value is -1.14. The van der Waals surface area contributed by atoms with Gasteiger partial charge in [-0.3, -0.25) is 9.59 Å². The van der Waals surface area contributed by atoms with E-state index in [1.807, 2.05) is 13.8 Å². The fourth-order valence-corrected chi connectivity index (χ4v) is 2.48. The monoisotopic (exact) mass is 287 g/mol. The third-order valence-corrected chi connectivity index (χ3v) is 3.94. The zero-order valence-corrected chi connectivity index (χ0v) is 12.4. The second kappa shape index (κ2) is 8.21. The number of ether oxygens (including phenoxy) is 1. The SMILES string of the molecule is CCC(C)C(C(=O)O)C(C)N(C=O)OC1CCCCO1. The van der Waals surface area contributed by atoms with Crippen molar-refractivity contribution < 1.29 is 24.3 Å². The van der Waals surface area contributed by atoms with Crippen LogP contribution in [0.4, 0.5) is 0 Å². The molecule has 1 rings (SSSR count). The molecular formula is C14H25NO5. The molecule has 0 bridgehead atoms. The van der Waals surface area contributed by atoms with Crippen molar-refractivity contribution in [3.8, 4) is 0 Å². The van der Waals surface area contributed by atoms with Crippen LogP contribution in [0.1, 0.15) is 46.5 Å². The number of hydroxylamine groups is 2. The molecule has 4 unspecified atom stereocenters. The van der Waals surface area contributed by atoms with Gasteiger partial charge in [0.1, 0.15) is 0 Å². The van der Waals surface area contributed by atoms with Crippen LogP contribution in [0, 0.1) is 11.8 Å². The molecule has 4 atom stereocenters. The highest BCUT2D eigenvalue weighted by molar-refractivity contribution is 5.71. The highest BCUT2D eigenvalue weighted by Crippen LogP contribution is 2.24. The van der Waals surface area contributed by atoms with Crippen LogP contribution in [-0.2, 0) is 19.2 Å². The van der Waals surface area contributed by atoms with Crippen LogP contribution < -0.4 is 0 Å². The fraction of sp³-hybridized carbons (Fsp3) is 0.857. The highest BCUT2D eigenvalue weighted by atomic mass is 16.8. The van der Waals surface area contributed by atoms with Crippen LogP contribution in [0.15, 0.2) is 0 Å². The predicted molar refractivity (Wildman–Crippen MR) is 72.6 cm³/mol. The van der Waals surface area contributed by atoms with E-state index in [2.05, 4.69) is 0 Å². The first-order valence-corrected chi connectivity index (χ1v) is 7.26. The molecule has 6 heteroatoms. The summed E-state index contributed by atoms with van der Waals surface area (Å²) in [5.41, 5.74) is 0. The normalized spacial score (nSPS) is 23.6. The van der Waals surface area contributed by atoms with Crippen LogP contribution in [0.25, 0.3) is 0 Å². The number of rotatable bonds is 8. The molecule has 1 saturated heterocycles. The Balaban J connectivity index is 2.69. The van der Waals surface area contributed by atoms with E-state index in [1.165, 1.54) is 0 Å². The largest absolute Gasteiger partial charge is 0.481 e. The third kappa shape index (κ3) is 4.45. The van der Waals surface area contributed by atoms with Gasteiger partial charge < -0.3 is 9.84 Å². The molecule has 0 aromatic carbocycles. The van der Waals surface area contributed by atoms with E-state index in [-0.39, 0.29) is 5.92 Å². The van der Waals surface area contributed by atoms with Crippen molar-refractivity contribution >= 4 is 12.4 Å². The molecule has 6 nitrogen and oxygen atoms in total. The van der Waals surface area contributed by atoms with E-state index in [4.69, 9.17) is 9.57 Å². The second-order valence-electron chi connectivity index (χ2n) is 5.36. The molecule has 0 aromatic rings. The molecule has 1 amide bonds. The molecular weight excluding hydrogens is 262 g/mol. The third-order valence-electron chi connectivity index (χ3n) is 3.94. The highest BCUT2D eigenvalue weighted by Gasteiger charge is 2.34. The molecule has 0 saturated carbocycles. The van der Waals surface area contributed by atoms with Crippen LogP contribution in [0.2, 0.25) is 0 Å². The van der Waals surface area contributed by atoms with Gasteiger partial charge in [-0.25, -0.2) is 9.90 Å². The molecule has 0 aliphatic carbocycles. The summed E-state index contributed by atoms with van der Waals surface area (Å²) in [5, 5.41) is 10.5. The van der Waals surface area contributed by atoms with Crippen LogP contribution in [0.5, 0.6) is 0 Å². The molecule has 20 heavy (non-hydrogen) atoms. The Morgan fingerprint density at radius 1 is 1.50 bits per heavy atom. The molecule has 1 aliphatic heterocycles. The van der Waals surface area contributed by atoms with Gasteiger partial charge in [-0.1, -0.05) is 20.3 Å². The lowest BCUT2D eigenvalue weighted by atomic mass is 9.86. The Morgan fingerprint density at radius 2 is 2.20 bits per heavy atom. The van der Waals surface area contributed by atoms with Gasteiger partial charge in [0.15, 0.2) is 6.29 Å². The van der Waals surface area contributed by atoms with Crippen LogP contribution in [-0.4, -0.2) is 41.5 Å². The Kier molecular flexibility index (Phi) is 6.95. The number of carboxylic acids is 1. The average Bonchev–Trinajstić information content (AvgIpc) is 2.45. The van der Waals surface area contributed by atoms with Gasteiger partial charge in [0, 0.05) is 13.0 Å². The van der Waals surface area contributed by atoms with Crippen molar-refractivity contribution in [2.75, 3.05) is 6.61 Å². The first kappa shape index (κ1) is 16.9. The molecule has 1 heterocycles. The van der Waals surface area contributed by atoms with Gasteiger partial charge in [0.05, 0.1) is 12.0 Å². The number of nitrogens with zero attached hydrogens (tertiary/aromatic N) is 1. The number of hydrogen-bond donors (Lipinski definition) is 1. The summed E-state index contributed by atoms with van der Waals surface area (Å²) in [6.07, 6.45) is 3.51. The average molecular weight is 287 g/mol. The Labute approximate surface area is 120 Å². The maximum Gasteiger partial charge on any atom is 0.308 e. The molecule has 0 radical (unpaired) electrons. The lowest BCUT2D eigenvalue weighted by Gasteiger charge is -2.34. The van der Waals surface area contributed by atoms with Crippen molar-refractivity contribution in [3.05, 3.63) is 0 Å². The molecule has 116 valence electrons. The number of carbonyl (C=O) groups is 2. The minimum atomic E-state index is -0.910. The van der Waals surface area contributed by atoms with Crippen molar-refractivity contribution in [2.45, 2.75) is 58.8 Å². The van der Waals surface area contributed by atoms with E-state index in [0.717, 1.165) is 30.7 Å². The Bertz CT molecular complexity index is 317. The molecule has 1 N–H and O–H groups in total. The number of aliphatic carboxylic acids is 1. The first-order chi connectivity index (χ1) is 9.51. The van der Waals surface area contributed by atoms with Gasteiger partial charge in [-0.05, 0) is 25.7 Å². The second-order valence-corrected chi connectivity index (χ2v) is 5.36. The number of carboxylic acid groups (broad SMARTS) is 1. The lowest BCUT2D eigenvalue weighted by Crippen LogP contribution is -2.46. The minimum absolute atomic E-state index is 0.0409. The lowest BCUT2D eigenvalue weighted by molar-refractivity contribution is -0.288. The van der Waals surface area contributed by atoms with Gasteiger partial charge >= 0.3 is 5.97 Å². The first-order valence-electron chi connectivity index (χ1n) is 7.26. The standard InChI is InChI=1S/C14H25NO5/c1-4-10(2)13(14(17)18)11(3)15(9-16)20-12-7-5-6-8-19-12/h9-13H,4-8H2,1-3H3,(H,17,18). The minimum Gasteiger partial charge on any atom is -0.481 e. The van der Waals surface area contributed by atoms with Gasteiger partial charge in [0.25, 0.3) is 0 Å². The zero-order valence-electron chi connectivity index (χ0n) is 12.4.